The Bertz CT molecular complexity index is 1080. The summed E-state index contributed by atoms with van der Waals surface area (Å²) in [6.45, 7) is 7.47. The van der Waals surface area contributed by atoms with Gasteiger partial charge in [0.1, 0.15) is 6.54 Å². The number of hydrogen-bond donors (Lipinski definition) is 0. The number of aryl methyl sites for hydroxylation is 1. The molecule has 4 rings (SSSR count). The smallest absolute Gasteiger partial charge is 0.264 e. The van der Waals surface area contributed by atoms with Gasteiger partial charge in [-0.3, -0.25) is 9.59 Å². The first kappa shape index (κ1) is 23.9. The number of aromatic nitrogens is 2. The minimum Gasteiger partial charge on any atom is -0.352 e. The molecule has 0 radical (unpaired) electrons. The molecule has 0 N–H and O–H groups in total. The number of carbonyl (C=O) groups excluding carboxylic acids is 2. The van der Waals surface area contributed by atoms with Crippen LogP contribution in [0.25, 0.3) is 11.3 Å². The average Bonchev–Trinajstić information content (AvgIpc) is 3.42. The first-order valence-corrected chi connectivity index (χ1v) is 12.7. The maximum absolute atomic E-state index is 13.0. The van der Waals surface area contributed by atoms with Crippen LogP contribution in [-0.4, -0.2) is 71.1 Å². The van der Waals surface area contributed by atoms with Crippen molar-refractivity contribution >= 4 is 29.0 Å². The monoisotopic (exact) mass is 477 g/mol. The minimum absolute atomic E-state index is 0.00135. The Morgan fingerprint density at radius 3 is 2.38 bits per heavy atom. The van der Waals surface area contributed by atoms with Crippen LogP contribution in [0.1, 0.15) is 35.0 Å². The second-order valence-corrected chi connectivity index (χ2v) is 9.52. The molecule has 0 saturated carbocycles. The molecule has 1 saturated heterocycles. The molecule has 1 aliphatic rings. The fourth-order valence-electron chi connectivity index (χ4n) is 3.98. The summed E-state index contributed by atoms with van der Waals surface area (Å²) in [5, 5.41) is 10.7. The molecule has 1 aromatic carbocycles. The van der Waals surface area contributed by atoms with Crippen LogP contribution in [0.4, 0.5) is 5.82 Å². The summed E-state index contributed by atoms with van der Waals surface area (Å²) in [5.41, 5.74) is 3.11. The summed E-state index contributed by atoms with van der Waals surface area (Å²) in [4.78, 5) is 32.2. The van der Waals surface area contributed by atoms with E-state index in [2.05, 4.69) is 53.2 Å². The van der Waals surface area contributed by atoms with Gasteiger partial charge in [-0.1, -0.05) is 49.2 Å². The Labute approximate surface area is 205 Å². The van der Waals surface area contributed by atoms with Crippen LogP contribution in [-0.2, 0) is 4.79 Å². The molecule has 1 fully saturated rings. The van der Waals surface area contributed by atoms with E-state index in [9.17, 15) is 9.59 Å². The highest BCUT2D eigenvalue weighted by molar-refractivity contribution is 7.12. The molecule has 3 aromatic rings. The summed E-state index contributed by atoms with van der Waals surface area (Å²) < 4.78 is 0. The standard InChI is InChI=1S/C26H31N5O2S/c1-3-4-13-31(26(33)23-6-5-18-34-23)19-25(32)30-16-14-29(15-17-30)24-12-11-22(27-28-24)21-9-7-20(2)8-10-21/h5-12,18H,3-4,13-17,19H2,1-2H3. The Balaban J connectivity index is 1.33. The average molecular weight is 478 g/mol. The van der Waals surface area contributed by atoms with Crippen molar-refractivity contribution in [3.8, 4) is 11.3 Å². The lowest BCUT2D eigenvalue weighted by Crippen LogP contribution is -2.52. The molecule has 0 bridgehead atoms. The molecule has 0 atom stereocenters. The summed E-state index contributed by atoms with van der Waals surface area (Å²) in [6, 6.07) is 15.9. The third kappa shape index (κ3) is 5.80. The second kappa shape index (κ2) is 11.2. The van der Waals surface area contributed by atoms with Crippen molar-refractivity contribution in [3.05, 3.63) is 64.4 Å². The summed E-state index contributed by atoms with van der Waals surface area (Å²) >= 11 is 1.42. The van der Waals surface area contributed by atoms with Crippen LogP contribution in [0, 0.1) is 6.92 Å². The highest BCUT2D eigenvalue weighted by Gasteiger charge is 2.26. The van der Waals surface area contributed by atoms with E-state index in [1.165, 1.54) is 16.9 Å². The molecule has 178 valence electrons. The number of unbranched alkanes of at least 4 members (excludes halogenated alkanes) is 1. The Morgan fingerprint density at radius 2 is 1.76 bits per heavy atom. The summed E-state index contributed by atoms with van der Waals surface area (Å²) in [5.74, 6) is 0.765. The van der Waals surface area contributed by atoms with E-state index in [0.29, 0.717) is 37.6 Å². The van der Waals surface area contributed by atoms with Crippen molar-refractivity contribution < 1.29 is 9.59 Å². The van der Waals surface area contributed by atoms with Crippen LogP contribution in [0.2, 0.25) is 0 Å². The van der Waals surface area contributed by atoms with E-state index in [4.69, 9.17) is 0 Å². The van der Waals surface area contributed by atoms with Gasteiger partial charge in [0, 0.05) is 38.3 Å². The van der Waals surface area contributed by atoms with E-state index < -0.39 is 0 Å². The lowest BCUT2D eigenvalue weighted by Gasteiger charge is -2.36. The van der Waals surface area contributed by atoms with Gasteiger partial charge in [-0.2, -0.15) is 0 Å². The number of benzene rings is 1. The molecule has 0 unspecified atom stereocenters. The van der Waals surface area contributed by atoms with Gasteiger partial charge in [0.05, 0.1) is 10.6 Å². The van der Waals surface area contributed by atoms with E-state index >= 15 is 0 Å². The van der Waals surface area contributed by atoms with Gasteiger partial charge in [0.2, 0.25) is 5.91 Å². The van der Waals surface area contributed by atoms with Gasteiger partial charge in [-0.15, -0.1) is 21.5 Å². The van der Waals surface area contributed by atoms with Crippen molar-refractivity contribution in [2.45, 2.75) is 26.7 Å². The fraction of sp³-hybridized carbons (Fsp3) is 0.385. The molecular weight excluding hydrogens is 446 g/mol. The Hall–Kier alpha value is -3.26. The predicted molar refractivity (Wildman–Crippen MR) is 136 cm³/mol. The molecule has 7 nitrogen and oxygen atoms in total. The van der Waals surface area contributed by atoms with E-state index in [1.54, 1.807) is 4.90 Å². The molecule has 3 heterocycles. The molecule has 2 aromatic heterocycles. The van der Waals surface area contributed by atoms with Gasteiger partial charge >= 0.3 is 0 Å². The number of nitrogens with zero attached hydrogens (tertiary/aromatic N) is 5. The fourth-order valence-corrected chi connectivity index (χ4v) is 4.67. The maximum atomic E-state index is 13.0. The number of amides is 2. The zero-order chi connectivity index (χ0) is 23.9. The predicted octanol–water partition coefficient (Wildman–Crippen LogP) is 4.10. The number of thiophene rings is 1. The van der Waals surface area contributed by atoms with E-state index in [1.807, 2.05) is 34.5 Å². The van der Waals surface area contributed by atoms with Crippen molar-refractivity contribution in [2.75, 3.05) is 44.2 Å². The van der Waals surface area contributed by atoms with Crippen molar-refractivity contribution in [1.82, 2.24) is 20.0 Å². The van der Waals surface area contributed by atoms with Gasteiger partial charge < -0.3 is 14.7 Å². The van der Waals surface area contributed by atoms with Gasteiger partial charge in [0.25, 0.3) is 5.91 Å². The first-order valence-electron chi connectivity index (χ1n) is 11.8. The molecule has 8 heteroatoms. The Kier molecular flexibility index (Phi) is 7.90. The number of hydrogen-bond acceptors (Lipinski definition) is 6. The third-order valence-corrected chi connectivity index (χ3v) is 6.94. The van der Waals surface area contributed by atoms with Crippen molar-refractivity contribution in [2.24, 2.45) is 0 Å². The molecule has 0 aliphatic carbocycles. The maximum Gasteiger partial charge on any atom is 0.264 e. The molecule has 2 amide bonds. The topological polar surface area (TPSA) is 69.6 Å². The molecule has 34 heavy (non-hydrogen) atoms. The number of carbonyl (C=O) groups is 2. The number of piperazine rings is 1. The van der Waals surface area contributed by atoms with E-state index in [0.717, 1.165) is 29.9 Å². The van der Waals surface area contributed by atoms with Crippen LogP contribution < -0.4 is 4.90 Å². The minimum atomic E-state index is -0.0561. The van der Waals surface area contributed by atoms with Crippen LogP contribution in [0.5, 0.6) is 0 Å². The summed E-state index contributed by atoms with van der Waals surface area (Å²) in [7, 11) is 0. The lowest BCUT2D eigenvalue weighted by molar-refractivity contribution is -0.132. The van der Waals surface area contributed by atoms with Crippen molar-refractivity contribution in [3.63, 3.8) is 0 Å². The van der Waals surface area contributed by atoms with Gasteiger partial charge in [-0.25, -0.2) is 0 Å². The molecular formula is C26H31N5O2S. The van der Waals surface area contributed by atoms with Gasteiger partial charge in [0.15, 0.2) is 5.82 Å². The normalized spacial score (nSPS) is 13.7. The molecule has 1 aliphatic heterocycles. The van der Waals surface area contributed by atoms with Gasteiger partial charge in [-0.05, 0) is 36.9 Å². The lowest BCUT2D eigenvalue weighted by atomic mass is 10.1. The first-order chi connectivity index (χ1) is 16.5. The highest BCUT2D eigenvalue weighted by Crippen LogP contribution is 2.20. The Morgan fingerprint density at radius 1 is 1.00 bits per heavy atom. The van der Waals surface area contributed by atoms with Crippen LogP contribution in [0.15, 0.2) is 53.9 Å². The third-order valence-electron chi connectivity index (χ3n) is 6.08. The van der Waals surface area contributed by atoms with E-state index in [-0.39, 0.29) is 18.4 Å². The SMILES string of the molecule is CCCCN(CC(=O)N1CCN(c2ccc(-c3ccc(C)cc3)nn2)CC1)C(=O)c1cccs1. The van der Waals surface area contributed by atoms with Crippen LogP contribution in [0.3, 0.4) is 0 Å². The number of rotatable bonds is 8. The van der Waals surface area contributed by atoms with Crippen molar-refractivity contribution in [1.29, 1.82) is 0 Å². The van der Waals surface area contributed by atoms with Crippen LogP contribution >= 0.6 is 11.3 Å². The summed E-state index contributed by atoms with van der Waals surface area (Å²) in [6.07, 6.45) is 1.86. The zero-order valence-corrected chi connectivity index (χ0v) is 20.6. The highest BCUT2D eigenvalue weighted by atomic mass is 32.1. The quantitative estimate of drug-likeness (QED) is 0.489. The number of anilines is 1. The zero-order valence-electron chi connectivity index (χ0n) is 19.8. The molecule has 0 spiro atoms. The largest absolute Gasteiger partial charge is 0.352 e. The second-order valence-electron chi connectivity index (χ2n) is 8.57.